The lowest BCUT2D eigenvalue weighted by atomic mass is 9.88. The van der Waals surface area contributed by atoms with Crippen molar-refractivity contribution in [2.45, 2.75) is 60.8 Å². The smallest absolute Gasteiger partial charge is 0.00892 e. The van der Waals surface area contributed by atoms with Crippen LogP contribution in [0.3, 0.4) is 0 Å². The van der Waals surface area contributed by atoms with Crippen LogP contribution in [0.5, 0.6) is 0 Å². The summed E-state index contributed by atoms with van der Waals surface area (Å²) in [6.07, 6.45) is 2.43. The Morgan fingerprint density at radius 3 is 1.29 bits per heavy atom. The molecule has 0 bridgehead atoms. The summed E-state index contributed by atoms with van der Waals surface area (Å²) < 4.78 is 0. The van der Waals surface area contributed by atoms with Crippen LogP contribution in [0, 0.1) is 0 Å². The van der Waals surface area contributed by atoms with E-state index in [1.807, 2.05) is 27.7 Å². The van der Waals surface area contributed by atoms with Crippen LogP contribution in [0.25, 0.3) is 0 Å². The maximum absolute atomic E-state index is 2.25. The highest BCUT2D eigenvalue weighted by molar-refractivity contribution is 5.32. The van der Waals surface area contributed by atoms with Gasteiger partial charge in [0.15, 0.2) is 0 Å². The first-order valence-corrected chi connectivity index (χ1v) is 8.01. The second-order valence-electron chi connectivity index (χ2n) is 4.16. The minimum Gasteiger partial charge on any atom is -0.0776 e. The van der Waals surface area contributed by atoms with Crippen LogP contribution in [-0.2, 0) is 0 Å². The summed E-state index contributed by atoms with van der Waals surface area (Å²) in [4.78, 5) is 0. The van der Waals surface area contributed by atoms with E-state index in [1.165, 1.54) is 24.0 Å². The molecular weight excluding hydrogens is 252 g/mol. The van der Waals surface area contributed by atoms with Gasteiger partial charge in [0.1, 0.15) is 0 Å². The Morgan fingerprint density at radius 2 is 1.00 bits per heavy atom. The molecule has 0 aliphatic rings. The van der Waals surface area contributed by atoms with Crippen molar-refractivity contribution < 1.29 is 0 Å². The largest absolute Gasteiger partial charge is 0.0776 e. The van der Waals surface area contributed by atoms with Crippen LogP contribution < -0.4 is 0 Å². The zero-order valence-electron chi connectivity index (χ0n) is 13.8. The molecule has 0 aromatic heterocycles. The average Bonchev–Trinajstić information content (AvgIpc) is 2.58. The van der Waals surface area contributed by atoms with Crippen LogP contribution in [0.2, 0.25) is 0 Å². The Hall–Kier alpha value is -1.56. The zero-order valence-corrected chi connectivity index (χ0v) is 13.8. The Balaban J connectivity index is 0. The molecule has 0 heterocycles. The van der Waals surface area contributed by atoms with Gasteiger partial charge in [-0.2, -0.15) is 0 Å². The summed E-state index contributed by atoms with van der Waals surface area (Å²) >= 11 is 0. The van der Waals surface area contributed by atoms with E-state index in [-0.39, 0.29) is 7.43 Å². The maximum atomic E-state index is 2.25. The Labute approximate surface area is 133 Å². The lowest BCUT2D eigenvalue weighted by molar-refractivity contribution is 0.698. The molecule has 0 radical (unpaired) electrons. The van der Waals surface area contributed by atoms with Crippen molar-refractivity contribution >= 4 is 0 Å². The molecule has 0 saturated heterocycles. The fourth-order valence-electron chi connectivity index (χ4n) is 2.19. The predicted octanol–water partition coefficient (Wildman–Crippen LogP) is 7.31. The molecule has 0 aliphatic carbocycles. The van der Waals surface area contributed by atoms with E-state index in [1.54, 1.807) is 0 Å². The topological polar surface area (TPSA) is 0 Å². The van der Waals surface area contributed by atoms with Crippen molar-refractivity contribution in [2.75, 3.05) is 0 Å². The third kappa shape index (κ3) is 7.70. The molecule has 118 valence electrons. The molecular formula is C21H34. The van der Waals surface area contributed by atoms with Crippen LogP contribution >= 0.6 is 0 Å². The molecule has 21 heavy (non-hydrogen) atoms. The number of benzene rings is 2. The first-order valence-electron chi connectivity index (χ1n) is 8.01. The number of hydrogen-bond donors (Lipinski definition) is 0. The van der Waals surface area contributed by atoms with E-state index in [9.17, 15) is 0 Å². The third-order valence-electron chi connectivity index (χ3n) is 2.98. The lowest BCUT2D eigenvalue weighted by Crippen LogP contribution is -2.00. The van der Waals surface area contributed by atoms with Gasteiger partial charge < -0.3 is 0 Å². The Morgan fingerprint density at radius 1 is 0.667 bits per heavy atom. The molecule has 2 aromatic carbocycles. The van der Waals surface area contributed by atoms with Gasteiger partial charge in [-0.1, -0.05) is 109 Å². The molecule has 0 fully saturated rings. The van der Waals surface area contributed by atoms with Crippen molar-refractivity contribution in [1.82, 2.24) is 0 Å². The molecule has 0 saturated carbocycles. The van der Waals surface area contributed by atoms with Gasteiger partial charge in [0, 0.05) is 5.92 Å². The third-order valence-corrected chi connectivity index (χ3v) is 2.98. The van der Waals surface area contributed by atoms with Crippen LogP contribution in [0.4, 0.5) is 0 Å². The van der Waals surface area contributed by atoms with Gasteiger partial charge in [0.05, 0.1) is 0 Å². The summed E-state index contributed by atoms with van der Waals surface area (Å²) in [5, 5.41) is 0. The van der Waals surface area contributed by atoms with Gasteiger partial charge in [0.2, 0.25) is 0 Å². The summed E-state index contributed by atoms with van der Waals surface area (Å²) in [6.45, 7) is 10.2. The van der Waals surface area contributed by atoms with Gasteiger partial charge in [-0.15, -0.1) is 0 Å². The summed E-state index contributed by atoms with van der Waals surface area (Å²) in [5.41, 5.74) is 2.85. The second-order valence-corrected chi connectivity index (χ2v) is 4.16. The molecule has 0 nitrogen and oxygen atoms in total. The molecule has 0 amide bonds. The highest BCUT2D eigenvalue weighted by Crippen LogP contribution is 2.28. The van der Waals surface area contributed by atoms with E-state index in [4.69, 9.17) is 0 Å². The first kappa shape index (κ1) is 21.7. The summed E-state index contributed by atoms with van der Waals surface area (Å²) in [5.74, 6) is 0.549. The first-order chi connectivity index (χ1) is 9.92. The molecule has 0 spiro atoms. The predicted molar refractivity (Wildman–Crippen MR) is 99.1 cm³/mol. The highest BCUT2D eigenvalue weighted by Gasteiger charge is 2.11. The van der Waals surface area contributed by atoms with Gasteiger partial charge in [-0.25, -0.2) is 0 Å². The van der Waals surface area contributed by atoms with Crippen molar-refractivity contribution in [3.05, 3.63) is 71.8 Å². The second kappa shape index (κ2) is 14.8. The number of hydrogen-bond acceptors (Lipinski definition) is 0. The van der Waals surface area contributed by atoms with E-state index in [0.29, 0.717) is 5.92 Å². The quantitative estimate of drug-likeness (QED) is 0.553. The number of rotatable bonds is 4. The molecule has 0 atom stereocenters. The van der Waals surface area contributed by atoms with Gasteiger partial charge in [-0.3, -0.25) is 0 Å². The minimum absolute atomic E-state index is 0. The summed E-state index contributed by atoms with van der Waals surface area (Å²) in [7, 11) is 0. The standard InChI is InChI=1S/C16H18.2C2H6.CH4/c1-2-9-16(14-10-5-3-6-11-14)15-12-7-4-8-13-15;2*1-2;/h3-8,10-13,16H,2,9H2,1H3;2*1-2H3;1H4. The minimum atomic E-state index is 0. The molecule has 0 unspecified atom stereocenters. The molecule has 2 aromatic rings. The van der Waals surface area contributed by atoms with Crippen molar-refractivity contribution in [1.29, 1.82) is 0 Å². The van der Waals surface area contributed by atoms with E-state index in [2.05, 4.69) is 67.6 Å². The summed E-state index contributed by atoms with van der Waals surface area (Å²) in [6, 6.07) is 21.6. The SMILES string of the molecule is C.CC.CC.CCCC(c1ccccc1)c1ccccc1. The fourth-order valence-corrected chi connectivity index (χ4v) is 2.19. The van der Waals surface area contributed by atoms with E-state index in [0.717, 1.165) is 0 Å². The normalized spacial score (nSPS) is 8.67. The molecule has 0 heteroatoms. The maximum Gasteiger partial charge on any atom is 0.00892 e. The Bertz CT molecular complexity index is 363. The van der Waals surface area contributed by atoms with Gasteiger partial charge >= 0.3 is 0 Å². The van der Waals surface area contributed by atoms with Crippen molar-refractivity contribution in [3.63, 3.8) is 0 Å². The zero-order chi connectivity index (χ0) is 15.2. The molecule has 0 aliphatic heterocycles. The van der Waals surface area contributed by atoms with Crippen molar-refractivity contribution in [2.24, 2.45) is 0 Å². The molecule has 2 rings (SSSR count). The monoisotopic (exact) mass is 286 g/mol. The Kier molecular flexibility index (Phi) is 15.4. The van der Waals surface area contributed by atoms with Crippen LogP contribution in [0.15, 0.2) is 60.7 Å². The highest BCUT2D eigenvalue weighted by atomic mass is 14.2. The van der Waals surface area contributed by atoms with Crippen molar-refractivity contribution in [3.8, 4) is 0 Å². The average molecular weight is 287 g/mol. The van der Waals surface area contributed by atoms with Crippen LogP contribution in [0.1, 0.15) is 71.9 Å². The van der Waals surface area contributed by atoms with Gasteiger partial charge in [0.25, 0.3) is 0 Å². The molecule has 0 N–H and O–H groups in total. The van der Waals surface area contributed by atoms with Gasteiger partial charge in [-0.05, 0) is 17.5 Å². The van der Waals surface area contributed by atoms with E-state index < -0.39 is 0 Å². The fraction of sp³-hybridized carbons (Fsp3) is 0.429. The van der Waals surface area contributed by atoms with E-state index >= 15 is 0 Å². The van der Waals surface area contributed by atoms with Crippen LogP contribution in [-0.4, -0.2) is 0 Å². The lowest BCUT2D eigenvalue weighted by Gasteiger charge is -2.17.